The maximum absolute atomic E-state index is 14.0. The minimum atomic E-state index is -0.509. The molecule has 1 aliphatic heterocycles. The fourth-order valence-electron chi connectivity index (χ4n) is 4.00. The number of halogens is 1. The number of benzene rings is 2. The van der Waals surface area contributed by atoms with Crippen LogP contribution in [0.4, 0.5) is 14.9 Å². The lowest BCUT2D eigenvalue weighted by atomic mass is 9.97. The summed E-state index contributed by atoms with van der Waals surface area (Å²) in [5.41, 5.74) is 1.52. The van der Waals surface area contributed by atoms with E-state index in [4.69, 9.17) is 9.47 Å². The number of urea groups is 1. The summed E-state index contributed by atoms with van der Waals surface area (Å²) < 4.78 is 26.8. The summed E-state index contributed by atoms with van der Waals surface area (Å²) in [6, 6.07) is 12.8. The molecule has 3 atom stereocenters. The molecule has 0 spiro atoms. The van der Waals surface area contributed by atoms with Gasteiger partial charge >= 0.3 is 6.03 Å². The van der Waals surface area contributed by atoms with E-state index in [0.717, 1.165) is 6.42 Å². The predicted octanol–water partition coefficient (Wildman–Crippen LogP) is 3.21. The number of ether oxygens (including phenoxy) is 2. The number of amides is 2. The second-order valence-corrected chi connectivity index (χ2v) is 8.13. The van der Waals surface area contributed by atoms with E-state index in [-0.39, 0.29) is 30.6 Å². The van der Waals surface area contributed by atoms with Gasteiger partial charge in [-0.15, -0.1) is 5.10 Å². The number of hydrogen-bond acceptors (Lipinski definition) is 6. The van der Waals surface area contributed by atoms with Crippen LogP contribution in [0.5, 0.6) is 5.75 Å². The number of nitrogens with zero attached hydrogens (tertiary/aromatic N) is 3. The summed E-state index contributed by atoms with van der Waals surface area (Å²) in [7, 11) is 1.58. The molecule has 34 heavy (non-hydrogen) atoms. The molecule has 9 nitrogen and oxygen atoms in total. The quantitative estimate of drug-likeness (QED) is 0.467. The van der Waals surface area contributed by atoms with Gasteiger partial charge in [0.1, 0.15) is 23.4 Å². The molecule has 2 amide bonds. The van der Waals surface area contributed by atoms with Gasteiger partial charge < -0.3 is 25.2 Å². The number of aliphatic hydroxyl groups excluding tert-OH is 1. The van der Waals surface area contributed by atoms with Gasteiger partial charge in [-0.3, -0.25) is 4.68 Å². The molecule has 2 heterocycles. The van der Waals surface area contributed by atoms with E-state index in [0.29, 0.717) is 42.1 Å². The fraction of sp³-hybridized carbons (Fsp3) is 0.375. The van der Waals surface area contributed by atoms with Crippen molar-refractivity contribution in [2.24, 2.45) is 0 Å². The highest BCUT2D eigenvalue weighted by Gasteiger charge is 2.32. The summed E-state index contributed by atoms with van der Waals surface area (Å²) in [5, 5.41) is 23.6. The summed E-state index contributed by atoms with van der Waals surface area (Å²) in [6.07, 6.45) is 3.15. The van der Waals surface area contributed by atoms with Crippen LogP contribution in [0.15, 0.2) is 54.7 Å². The van der Waals surface area contributed by atoms with Crippen molar-refractivity contribution in [2.45, 2.75) is 44.1 Å². The highest BCUT2D eigenvalue weighted by atomic mass is 19.1. The van der Waals surface area contributed by atoms with Crippen LogP contribution >= 0.6 is 0 Å². The van der Waals surface area contributed by atoms with Crippen molar-refractivity contribution in [3.8, 4) is 17.0 Å². The van der Waals surface area contributed by atoms with Crippen LogP contribution in [-0.4, -0.2) is 58.1 Å². The molecule has 0 saturated carbocycles. The molecule has 3 aromatic rings. The van der Waals surface area contributed by atoms with Gasteiger partial charge in [-0.05, 0) is 55.7 Å². The molecule has 0 radical (unpaired) electrons. The number of carbonyl (C=O) groups excluding carboxylic acids is 1. The Labute approximate surface area is 196 Å². The van der Waals surface area contributed by atoms with Crippen LogP contribution in [0, 0.1) is 5.82 Å². The molecule has 180 valence electrons. The highest BCUT2D eigenvalue weighted by Crippen LogP contribution is 2.24. The lowest BCUT2D eigenvalue weighted by molar-refractivity contribution is -0.0905. The smallest absolute Gasteiger partial charge is 0.319 e. The molecule has 1 aromatic heterocycles. The maximum atomic E-state index is 14.0. The van der Waals surface area contributed by atoms with Crippen LogP contribution in [0.2, 0.25) is 0 Å². The van der Waals surface area contributed by atoms with E-state index in [9.17, 15) is 14.3 Å². The molecule has 3 N–H and O–H groups in total. The molecule has 0 aliphatic carbocycles. The lowest BCUT2D eigenvalue weighted by Crippen LogP contribution is -2.52. The molecule has 0 bridgehead atoms. The van der Waals surface area contributed by atoms with Crippen molar-refractivity contribution in [2.75, 3.05) is 19.0 Å². The Bertz CT molecular complexity index is 1090. The topological polar surface area (TPSA) is 111 Å². The lowest BCUT2D eigenvalue weighted by Gasteiger charge is -2.36. The number of rotatable bonds is 8. The van der Waals surface area contributed by atoms with Crippen molar-refractivity contribution in [3.05, 3.63) is 60.5 Å². The van der Waals surface area contributed by atoms with Gasteiger partial charge in [0.05, 0.1) is 32.1 Å². The van der Waals surface area contributed by atoms with Crippen LogP contribution in [0.25, 0.3) is 11.3 Å². The third kappa shape index (κ3) is 5.89. The van der Waals surface area contributed by atoms with E-state index in [1.807, 2.05) is 0 Å². The molecule has 1 fully saturated rings. The Hall–Kier alpha value is -3.50. The van der Waals surface area contributed by atoms with Crippen molar-refractivity contribution in [1.82, 2.24) is 20.3 Å². The van der Waals surface area contributed by atoms with Crippen LogP contribution in [-0.2, 0) is 11.3 Å². The monoisotopic (exact) mass is 469 g/mol. The van der Waals surface area contributed by atoms with Gasteiger partial charge in [0.2, 0.25) is 0 Å². The number of methoxy groups -OCH3 is 1. The van der Waals surface area contributed by atoms with Crippen molar-refractivity contribution < 1.29 is 23.8 Å². The number of aryl methyl sites for hydroxylation is 1. The zero-order valence-electron chi connectivity index (χ0n) is 18.9. The highest BCUT2D eigenvalue weighted by molar-refractivity contribution is 5.89. The number of aliphatic hydroxyl groups is 1. The Kier molecular flexibility index (Phi) is 7.71. The average Bonchev–Trinajstić information content (AvgIpc) is 3.33. The van der Waals surface area contributed by atoms with Gasteiger partial charge in [0.15, 0.2) is 0 Å². The van der Waals surface area contributed by atoms with Gasteiger partial charge in [-0.25, -0.2) is 9.18 Å². The van der Waals surface area contributed by atoms with Gasteiger partial charge in [-0.1, -0.05) is 17.3 Å². The molecule has 1 saturated heterocycles. The summed E-state index contributed by atoms with van der Waals surface area (Å²) in [4.78, 5) is 12.4. The zero-order valence-corrected chi connectivity index (χ0v) is 18.9. The molecule has 10 heteroatoms. The zero-order chi connectivity index (χ0) is 23.9. The first-order valence-corrected chi connectivity index (χ1v) is 11.2. The van der Waals surface area contributed by atoms with Crippen molar-refractivity contribution in [1.29, 1.82) is 0 Å². The van der Waals surface area contributed by atoms with E-state index in [1.165, 1.54) is 6.07 Å². The third-order valence-corrected chi connectivity index (χ3v) is 5.83. The maximum Gasteiger partial charge on any atom is 0.319 e. The Morgan fingerprint density at radius 2 is 2.03 bits per heavy atom. The SMILES string of the molecule is COc1ccc(NC(=O)N[C@@H]2CC[C@@H](CCn3cc(-c4ccccc4F)nn3)O[C@@H]2CO)cc1. The first kappa shape index (κ1) is 23.7. The Morgan fingerprint density at radius 3 is 2.76 bits per heavy atom. The van der Waals surface area contributed by atoms with Crippen molar-refractivity contribution in [3.63, 3.8) is 0 Å². The molecular weight excluding hydrogens is 441 g/mol. The van der Waals surface area contributed by atoms with Crippen LogP contribution in [0.1, 0.15) is 19.3 Å². The van der Waals surface area contributed by atoms with E-state index >= 15 is 0 Å². The Morgan fingerprint density at radius 1 is 1.24 bits per heavy atom. The standard InChI is InChI=1S/C24H28FN5O4/c1-33-17-8-6-16(7-9-17)26-24(32)27-21-11-10-18(34-23(21)15-31)12-13-30-14-22(28-29-30)19-4-2-3-5-20(19)25/h2-9,14,18,21,23,31H,10-13,15H2,1H3,(H2,26,27,32)/t18-,21+,23+/m0/s1. The number of hydrogen-bond donors (Lipinski definition) is 3. The summed E-state index contributed by atoms with van der Waals surface area (Å²) >= 11 is 0. The Balaban J connectivity index is 1.26. The minimum Gasteiger partial charge on any atom is -0.497 e. The second-order valence-electron chi connectivity index (χ2n) is 8.13. The van der Waals surface area contributed by atoms with E-state index < -0.39 is 6.10 Å². The molecular formula is C24H28FN5O4. The van der Waals surface area contributed by atoms with Crippen LogP contribution in [0.3, 0.4) is 0 Å². The predicted molar refractivity (Wildman–Crippen MR) is 124 cm³/mol. The number of nitrogens with one attached hydrogen (secondary N) is 2. The van der Waals surface area contributed by atoms with Gasteiger partial charge in [-0.2, -0.15) is 0 Å². The number of anilines is 1. The first-order chi connectivity index (χ1) is 16.6. The average molecular weight is 470 g/mol. The molecule has 1 aliphatic rings. The fourth-order valence-corrected chi connectivity index (χ4v) is 4.00. The number of aromatic nitrogens is 3. The number of carbonyl (C=O) groups is 1. The van der Waals surface area contributed by atoms with Crippen molar-refractivity contribution >= 4 is 11.7 Å². The molecule has 4 rings (SSSR count). The van der Waals surface area contributed by atoms with Gasteiger partial charge in [0, 0.05) is 17.8 Å². The minimum absolute atomic E-state index is 0.0963. The normalized spacial score (nSPS) is 20.0. The second kappa shape index (κ2) is 11.1. The molecule has 0 unspecified atom stereocenters. The summed E-state index contributed by atoms with van der Waals surface area (Å²) in [5.74, 6) is 0.359. The van der Waals surface area contributed by atoms with Gasteiger partial charge in [0.25, 0.3) is 0 Å². The molecule has 2 aromatic carbocycles. The summed E-state index contributed by atoms with van der Waals surface area (Å²) in [6.45, 7) is 0.338. The van der Waals surface area contributed by atoms with E-state index in [1.54, 1.807) is 60.5 Å². The van der Waals surface area contributed by atoms with Crippen LogP contribution < -0.4 is 15.4 Å². The van der Waals surface area contributed by atoms with E-state index in [2.05, 4.69) is 20.9 Å². The first-order valence-electron chi connectivity index (χ1n) is 11.2. The third-order valence-electron chi connectivity index (χ3n) is 5.83. The largest absolute Gasteiger partial charge is 0.497 e.